The lowest BCUT2D eigenvalue weighted by molar-refractivity contribution is -0.117. The molecule has 0 bridgehead atoms. The molecule has 1 heterocycles. The number of aromatic nitrogens is 1. The fraction of sp³-hybridized carbons (Fsp3) is 0.0769. The molecular formula is C26H20ClN3O5. The van der Waals surface area contributed by atoms with E-state index in [0.717, 1.165) is 17.3 Å². The van der Waals surface area contributed by atoms with E-state index in [4.69, 9.17) is 16.7 Å². The minimum Gasteiger partial charge on any atom is -0.477 e. The Morgan fingerprint density at radius 2 is 1.57 bits per heavy atom. The monoisotopic (exact) mass is 489 g/mol. The van der Waals surface area contributed by atoms with E-state index in [2.05, 4.69) is 15.6 Å². The number of carbonyl (C=O) groups is 3. The van der Waals surface area contributed by atoms with Crippen LogP contribution in [0.3, 0.4) is 0 Å². The van der Waals surface area contributed by atoms with Crippen LogP contribution >= 0.6 is 11.6 Å². The Morgan fingerprint density at radius 3 is 2.20 bits per heavy atom. The van der Waals surface area contributed by atoms with Crippen molar-refractivity contribution in [2.24, 2.45) is 0 Å². The van der Waals surface area contributed by atoms with Gasteiger partial charge in [-0.05, 0) is 60.5 Å². The normalized spacial score (nSPS) is 11.6. The van der Waals surface area contributed by atoms with Crippen LogP contribution in [0.1, 0.15) is 27.6 Å². The molecule has 0 aliphatic rings. The first-order valence-corrected chi connectivity index (χ1v) is 11.0. The molecule has 3 aromatic carbocycles. The van der Waals surface area contributed by atoms with Crippen LogP contribution in [0.15, 0.2) is 77.7 Å². The maximum atomic E-state index is 12.6. The standard InChI is InChI=1S/C26H20ClN3O5/c1-14(29-25(33)17-4-2-15(3-5-17)16-6-8-18(27)9-7-16)24(32)30-19-10-11-22-20(12-19)23(31)21(13-28-22)26(34)35/h2-14H,1H3,(H,28,31)(H,29,33)(H,30,32)(H,34,35)/t14-/m0/s1. The molecule has 0 aliphatic carbocycles. The molecule has 2 amide bonds. The predicted molar refractivity (Wildman–Crippen MR) is 134 cm³/mol. The third-order valence-corrected chi connectivity index (χ3v) is 5.70. The van der Waals surface area contributed by atoms with E-state index in [1.807, 2.05) is 12.1 Å². The molecule has 0 radical (unpaired) electrons. The van der Waals surface area contributed by atoms with Gasteiger partial charge in [-0.3, -0.25) is 14.4 Å². The summed E-state index contributed by atoms with van der Waals surface area (Å²) in [5, 5.41) is 15.2. The van der Waals surface area contributed by atoms with E-state index >= 15 is 0 Å². The molecule has 35 heavy (non-hydrogen) atoms. The van der Waals surface area contributed by atoms with Crippen molar-refractivity contribution in [3.05, 3.63) is 99.3 Å². The minimum atomic E-state index is -1.35. The minimum absolute atomic E-state index is 0.125. The number of halogens is 1. The van der Waals surface area contributed by atoms with Gasteiger partial charge in [0.1, 0.15) is 11.6 Å². The molecule has 1 aromatic heterocycles. The summed E-state index contributed by atoms with van der Waals surface area (Å²) >= 11 is 5.92. The highest BCUT2D eigenvalue weighted by molar-refractivity contribution is 6.30. The second-order valence-electron chi connectivity index (χ2n) is 7.87. The molecule has 0 saturated carbocycles. The summed E-state index contributed by atoms with van der Waals surface area (Å²) in [4.78, 5) is 51.6. The van der Waals surface area contributed by atoms with E-state index < -0.39 is 34.8 Å². The predicted octanol–water partition coefficient (Wildman–Crippen LogP) is 4.30. The number of rotatable bonds is 6. The Balaban J connectivity index is 1.43. The molecular weight excluding hydrogens is 470 g/mol. The lowest BCUT2D eigenvalue weighted by atomic mass is 10.0. The number of anilines is 1. The SMILES string of the molecule is C[C@H](NC(=O)c1ccc(-c2ccc(Cl)cc2)cc1)C(=O)Nc1ccc2[nH]cc(C(=O)O)c(=O)c2c1. The lowest BCUT2D eigenvalue weighted by Gasteiger charge is -2.15. The summed E-state index contributed by atoms with van der Waals surface area (Å²) in [6.45, 7) is 1.53. The number of amides is 2. The van der Waals surface area contributed by atoms with Crippen LogP contribution in [0.5, 0.6) is 0 Å². The van der Waals surface area contributed by atoms with Gasteiger partial charge in [0.15, 0.2) is 0 Å². The molecule has 0 fully saturated rings. The highest BCUT2D eigenvalue weighted by atomic mass is 35.5. The topological polar surface area (TPSA) is 128 Å². The number of H-pyrrole nitrogens is 1. The number of carboxylic acids is 1. The molecule has 0 spiro atoms. The summed E-state index contributed by atoms with van der Waals surface area (Å²) in [6.07, 6.45) is 1.13. The summed E-state index contributed by atoms with van der Waals surface area (Å²) in [5.74, 6) is -2.27. The van der Waals surface area contributed by atoms with Gasteiger partial charge in [0.05, 0.1) is 0 Å². The van der Waals surface area contributed by atoms with Crippen LogP contribution in [0.4, 0.5) is 5.69 Å². The maximum Gasteiger partial charge on any atom is 0.341 e. The van der Waals surface area contributed by atoms with Crippen LogP contribution < -0.4 is 16.1 Å². The number of fused-ring (bicyclic) bond motifs is 1. The molecule has 0 aliphatic heterocycles. The molecule has 176 valence electrons. The first-order chi connectivity index (χ1) is 16.7. The van der Waals surface area contributed by atoms with Crippen molar-refractivity contribution >= 4 is 46.0 Å². The van der Waals surface area contributed by atoms with Gasteiger partial charge in [0, 0.05) is 33.4 Å². The first kappa shape index (κ1) is 23.7. The molecule has 8 nitrogen and oxygen atoms in total. The van der Waals surface area contributed by atoms with Crippen molar-refractivity contribution in [1.29, 1.82) is 0 Å². The average molecular weight is 490 g/mol. The van der Waals surface area contributed by atoms with Gasteiger partial charge in [-0.25, -0.2) is 4.79 Å². The van der Waals surface area contributed by atoms with Crippen LogP contribution in [0.2, 0.25) is 5.02 Å². The van der Waals surface area contributed by atoms with Crippen molar-refractivity contribution in [2.75, 3.05) is 5.32 Å². The smallest absolute Gasteiger partial charge is 0.341 e. The zero-order chi connectivity index (χ0) is 25.1. The number of aromatic carboxylic acids is 1. The van der Waals surface area contributed by atoms with Gasteiger partial charge >= 0.3 is 5.97 Å². The molecule has 9 heteroatoms. The van der Waals surface area contributed by atoms with Crippen molar-refractivity contribution < 1.29 is 19.5 Å². The molecule has 4 N–H and O–H groups in total. The summed E-state index contributed by atoms with van der Waals surface area (Å²) < 4.78 is 0. The second-order valence-corrected chi connectivity index (χ2v) is 8.30. The third kappa shape index (κ3) is 5.23. The average Bonchev–Trinajstić information content (AvgIpc) is 2.85. The fourth-order valence-corrected chi connectivity index (χ4v) is 3.63. The summed E-state index contributed by atoms with van der Waals surface area (Å²) in [7, 11) is 0. The Morgan fingerprint density at radius 1 is 0.943 bits per heavy atom. The molecule has 4 rings (SSSR count). The molecule has 0 saturated heterocycles. The molecule has 4 aromatic rings. The van der Waals surface area contributed by atoms with E-state index in [-0.39, 0.29) is 5.39 Å². The quantitative estimate of drug-likeness (QED) is 0.321. The Hall–Kier alpha value is -4.43. The zero-order valence-electron chi connectivity index (χ0n) is 18.5. The number of hydrogen-bond acceptors (Lipinski definition) is 4. The van der Waals surface area contributed by atoms with Gasteiger partial charge in [0.2, 0.25) is 11.3 Å². The molecule has 0 unspecified atom stereocenters. The van der Waals surface area contributed by atoms with Gasteiger partial charge in [-0.1, -0.05) is 35.9 Å². The van der Waals surface area contributed by atoms with Crippen molar-refractivity contribution in [3.63, 3.8) is 0 Å². The zero-order valence-corrected chi connectivity index (χ0v) is 19.2. The molecule has 1 atom stereocenters. The van der Waals surface area contributed by atoms with Crippen LogP contribution in [-0.2, 0) is 4.79 Å². The van der Waals surface area contributed by atoms with Gasteiger partial charge in [-0.2, -0.15) is 0 Å². The Kier molecular flexibility index (Phi) is 6.66. The largest absolute Gasteiger partial charge is 0.477 e. The van der Waals surface area contributed by atoms with Gasteiger partial charge < -0.3 is 20.7 Å². The number of nitrogens with one attached hydrogen (secondary N) is 3. The van der Waals surface area contributed by atoms with Crippen molar-refractivity contribution in [3.8, 4) is 11.1 Å². The van der Waals surface area contributed by atoms with E-state index in [1.54, 1.807) is 48.5 Å². The van der Waals surface area contributed by atoms with Crippen LogP contribution in [-0.4, -0.2) is 33.9 Å². The Bertz CT molecular complexity index is 1490. The van der Waals surface area contributed by atoms with Crippen molar-refractivity contribution in [2.45, 2.75) is 13.0 Å². The van der Waals surface area contributed by atoms with E-state index in [0.29, 0.717) is 21.8 Å². The van der Waals surface area contributed by atoms with Crippen LogP contribution in [0, 0.1) is 0 Å². The second kappa shape index (κ2) is 9.82. The number of carbonyl (C=O) groups excluding carboxylic acids is 2. The van der Waals surface area contributed by atoms with Crippen LogP contribution in [0.25, 0.3) is 22.0 Å². The number of benzene rings is 3. The Labute approximate surface area is 204 Å². The van der Waals surface area contributed by atoms with Gasteiger partial charge in [0.25, 0.3) is 5.91 Å². The number of pyridine rings is 1. The van der Waals surface area contributed by atoms with E-state index in [9.17, 15) is 19.2 Å². The number of aromatic amines is 1. The fourth-order valence-electron chi connectivity index (χ4n) is 3.51. The highest BCUT2D eigenvalue weighted by Crippen LogP contribution is 2.22. The number of carboxylic acid groups (broad SMARTS) is 1. The number of hydrogen-bond donors (Lipinski definition) is 4. The first-order valence-electron chi connectivity index (χ1n) is 10.6. The van der Waals surface area contributed by atoms with Gasteiger partial charge in [-0.15, -0.1) is 0 Å². The highest BCUT2D eigenvalue weighted by Gasteiger charge is 2.18. The lowest BCUT2D eigenvalue weighted by Crippen LogP contribution is -2.41. The van der Waals surface area contributed by atoms with E-state index in [1.165, 1.54) is 13.0 Å². The third-order valence-electron chi connectivity index (χ3n) is 5.44. The maximum absolute atomic E-state index is 12.6. The van der Waals surface area contributed by atoms with Crippen molar-refractivity contribution in [1.82, 2.24) is 10.3 Å². The summed E-state index contributed by atoms with van der Waals surface area (Å²) in [5.41, 5.74) is 1.93. The summed E-state index contributed by atoms with van der Waals surface area (Å²) in [6, 6.07) is 17.9.